The van der Waals surface area contributed by atoms with Gasteiger partial charge >= 0.3 is 0 Å². The predicted octanol–water partition coefficient (Wildman–Crippen LogP) is 1.95. The molecule has 0 aliphatic rings. The molecule has 0 fully saturated rings. The fourth-order valence-electron chi connectivity index (χ4n) is 1.66. The minimum Gasteiger partial charge on any atom is -0.383 e. The molecule has 0 saturated carbocycles. The van der Waals surface area contributed by atoms with E-state index in [4.69, 9.17) is 4.74 Å². The van der Waals surface area contributed by atoms with Gasteiger partial charge in [-0.1, -0.05) is 30.3 Å². The topological polar surface area (TPSA) is 24.5 Å². The fraction of sp³-hybridized carbons (Fsp3) is 0.571. The summed E-state index contributed by atoms with van der Waals surface area (Å²) in [5.74, 6) is -2.83. The smallest absolute Gasteiger partial charge is 0.285 e. The number of nitrogens with one attached hydrogen (secondary N) is 1. The van der Waals surface area contributed by atoms with Gasteiger partial charge in [-0.25, -0.2) is 0 Å². The average Bonchev–Trinajstić information content (AvgIpc) is 2.42. The van der Waals surface area contributed by atoms with E-state index in [1.54, 1.807) is 25.3 Å². The molecule has 0 spiro atoms. The highest BCUT2D eigenvalue weighted by Crippen LogP contribution is 2.26. The van der Waals surface area contributed by atoms with Crippen LogP contribution in [0.15, 0.2) is 30.3 Å². The first-order valence-corrected chi connectivity index (χ1v) is 6.38. The maximum Gasteiger partial charge on any atom is 0.285 e. The van der Waals surface area contributed by atoms with Crippen LogP contribution in [0.25, 0.3) is 0 Å². The molecule has 108 valence electrons. The number of alkyl halides is 2. The van der Waals surface area contributed by atoms with Crippen LogP contribution in [0.3, 0.4) is 0 Å². The van der Waals surface area contributed by atoms with Crippen molar-refractivity contribution in [3.05, 3.63) is 35.9 Å². The second-order valence-electron chi connectivity index (χ2n) is 4.54. The Morgan fingerprint density at radius 3 is 2.53 bits per heavy atom. The van der Waals surface area contributed by atoms with E-state index in [1.165, 1.54) is 12.1 Å². The Hall–Kier alpha value is -1.04. The lowest BCUT2D eigenvalue weighted by Gasteiger charge is -2.20. The van der Waals surface area contributed by atoms with Crippen LogP contribution in [-0.2, 0) is 10.7 Å². The van der Waals surface area contributed by atoms with E-state index in [2.05, 4.69) is 5.32 Å². The van der Waals surface area contributed by atoms with Gasteiger partial charge in [0.2, 0.25) is 0 Å². The minimum absolute atomic E-state index is 0.0511. The van der Waals surface area contributed by atoms with Crippen LogP contribution in [0.2, 0.25) is 0 Å². The first kappa shape index (κ1) is 16.0. The summed E-state index contributed by atoms with van der Waals surface area (Å²) in [6.07, 6.45) is 0. The molecule has 0 saturated heterocycles. The van der Waals surface area contributed by atoms with Gasteiger partial charge in [0, 0.05) is 32.3 Å². The quantitative estimate of drug-likeness (QED) is 0.695. The monoisotopic (exact) mass is 272 g/mol. The van der Waals surface area contributed by atoms with Crippen molar-refractivity contribution in [3.63, 3.8) is 0 Å². The van der Waals surface area contributed by atoms with E-state index >= 15 is 0 Å². The van der Waals surface area contributed by atoms with Crippen LogP contribution >= 0.6 is 0 Å². The number of likely N-dealkylation sites (N-methyl/N-ethyl adjacent to an activating group) is 1. The van der Waals surface area contributed by atoms with Crippen molar-refractivity contribution in [1.29, 1.82) is 0 Å². The Morgan fingerprint density at radius 2 is 1.89 bits per heavy atom. The number of rotatable bonds is 9. The zero-order chi connectivity index (χ0) is 14.1. The summed E-state index contributed by atoms with van der Waals surface area (Å²) >= 11 is 0. The number of benzene rings is 1. The van der Waals surface area contributed by atoms with E-state index in [-0.39, 0.29) is 12.1 Å². The third-order valence-corrected chi connectivity index (χ3v) is 2.89. The Balaban J connectivity index is 2.25. The summed E-state index contributed by atoms with van der Waals surface area (Å²) in [5, 5.41) is 2.80. The van der Waals surface area contributed by atoms with Gasteiger partial charge in [-0.3, -0.25) is 0 Å². The van der Waals surface area contributed by atoms with Crippen LogP contribution in [0.5, 0.6) is 0 Å². The zero-order valence-corrected chi connectivity index (χ0v) is 11.5. The molecule has 5 heteroatoms. The maximum atomic E-state index is 13.8. The standard InChI is InChI=1S/C14H22F2N2O/c1-18(10-11-19-2)9-8-17-12-14(15,16)13-6-4-3-5-7-13/h3-7,17H,8-12H2,1-2H3. The molecule has 0 unspecified atom stereocenters. The highest BCUT2D eigenvalue weighted by Gasteiger charge is 2.30. The molecule has 0 atom stereocenters. The molecule has 1 rings (SSSR count). The van der Waals surface area contributed by atoms with Crippen LogP contribution in [0, 0.1) is 0 Å². The van der Waals surface area contributed by atoms with Crippen LogP contribution < -0.4 is 5.32 Å². The number of nitrogens with zero attached hydrogens (tertiary/aromatic N) is 1. The average molecular weight is 272 g/mol. The van der Waals surface area contributed by atoms with Gasteiger partial charge in [-0.05, 0) is 7.05 Å². The minimum atomic E-state index is -2.83. The predicted molar refractivity (Wildman–Crippen MR) is 72.6 cm³/mol. The van der Waals surface area contributed by atoms with Gasteiger partial charge in [0.25, 0.3) is 5.92 Å². The molecule has 0 amide bonds. The Kier molecular flexibility index (Phi) is 6.91. The van der Waals surface area contributed by atoms with E-state index in [0.29, 0.717) is 19.7 Å². The second-order valence-corrected chi connectivity index (χ2v) is 4.54. The van der Waals surface area contributed by atoms with Gasteiger partial charge in [-0.2, -0.15) is 8.78 Å². The maximum absolute atomic E-state index is 13.8. The van der Waals surface area contributed by atoms with E-state index in [0.717, 1.165) is 6.54 Å². The Bertz CT molecular complexity index is 347. The highest BCUT2D eigenvalue weighted by molar-refractivity contribution is 5.20. The first-order valence-electron chi connectivity index (χ1n) is 6.38. The number of methoxy groups -OCH3 is 1. The van der Waals surface area contributed by atoms with Crippen molar-refractivity contribution in [1.82, 2.24) is 10.2 Å². The highest BCUT2D eigenvalue weighted by atomic mass is 19.3. The molecule has 1 aromatic carbocycles. The molecule has 1 aromatic rings. The molecular weight excluding hydrogens is 250 g/mol. The van der Waals surface area contributed by atoms with Crippen LogP contribution in [-0.4, -0.2) is 51.8 Å². The van der Waals surface area contributed by atoms with Gasteiger partial charge in [0.15, 0.2) is 0 Å². The van der Waals surface area contributed by atoms with Crippen molar-refractivity contribution in [2.24, 2.45) is 0 Å². The normalized spacial score (nSPS) is 12.1. The number of ether oxygens (including phenoxy) is 1. The number of hydrogen-bond donors (Lipinski definition) is 1. The molecule has 0 aliphatic carbocycles. The molecule has 3 nitrogen and oxygen atoms in total. The molecule has 0 heterocycles. The summed E-state index contributed by atoms with van der Waals surface area (Å²) in [6, 6.07) is 7.89. The van der Waals surface area contributed by atoms with Crippen LogP contribution in [0.4, 0.5) is 8.78 Å². The lowest BCUT2D eigenvalue weighted by molar-refractivity contribution is -0.00337. The SMILES string of the molecule is COCCN(C)CCNCC(F)(F)c1ccccc1. The van der Waals surface area contributed by atoms with Gasteiger partial charge in [0.05, 0.1) is 13.2 Å². The summed E-state index contributed by atoms with van der Waals surface area (Å²) in [7, 11) is 3.59. The third kappa shape index (κ3) is 6.09. The van der Waals surface area contributed by atoms with Crippen molar-refractivity contribution in [3.8, 4) is 0 Å². The fourth-order valence-corrected chi connectivity index (χ4v) is 1.66. The molecular formula is C14H22F2N2O. The lowest BCUT2D eigenvalue weighted by atomic mass is 10.1. The molecule has 0 aliphatic heterocycles. The molecule has 19 heavy (non-hydrogen) atoms. The first-order chi connectivity index (χ1) is 9.06. The van der Waals surface area contributed by atoms with E-state index in [1.807, 2.05) is 11.9 Å². The molecule has 0 bridgehead atoms. The largest absolute Gasteiger partial charge is 0.383 e. The van der Waals surface area contributed by atoms with Gasteiger partial charge in [0.1, 0.15) is 0 Å². The molecule has 1 N–H and O–H groups in total. The van der Waals surface area contributed by atoms with E-state index in [9.17, 15) is 8.78 Å². The lowest BCUT2D eigenvalue weighted by Crippen LogP contribution is -2.36. The number of halogens is 2. The summed E-state index contributed by atoms with van der Waals surface area (Å²) in [4.78, 5) is 2.04. The van der Waals surface area contributed by atoms with Crippen molar-refractivity contribution < 1.29 is 13.5 Å². The molecule has 0 radical (unpaired) electrons. The zero-order valence-electron chi connectivity index (χ0n) is 11.5. The summed E-state index contributed by atoms with van der Waals surface area (Å²) in [5.41, 5.74) is 0.0511. The number of hydrogen-bond acceptors (Lipinski definition) is 3. The van der Waals surface area contributed by atoms with Crippen LogP contribution in [0.1, 0.15) is 5.56 Å². The second kappa shape index (κ2) is 8.19. The molecule has 0 aromatic heterocycles. The van der Waals surface area contributed by atoms with Crippen molar-refractivity contribution >= 4 is 0 Å². The van der Waals surface area contributed by atoms with Gasteiger partial charge < -0.3 is 15.0 Å². The van der Waals surface area contributed by atoms with Crippen molar-refractivity contribution in [2.45, 2.75) is 5.92 Å². The van der Waals surface area contributed by atoms with E-state index < -0.39 is 5.92 Å². The summed E-state index contributed by atoms with van der Waals surface area (Å²) in [6.45, 7) is 2.36. The van der Waals surface area contributed by atoms with Gasteiger partial charge in [-0.15, -0.1) is 0 Å². The summed E-state index contributed by atoms with van der Waals surface area (Å²) < 4.78 is 32.5. The van der Waals surface area contributed by atoms with Crippen molar-refractivity contribution in [2.75, 3.05) is 46.9 Å². The third-order valence-electron chi connectivity index (χ3n) is 2.89. The Labute approximate surface area is 113 Å². The Morgan fingerprint density at radius 1 is 1.21 bits per heavy atom.